The largest absolute Gasteiger partial charge is 0.390 e. The van der Waals surface area contributed by atoms with Gasteiger partial charge in [-0.3, -0.25) is 0 Å². The first-order valence-electron chi connectivity index (χ1n) is 5.58. The van der Waals surface area contributed by atoms with Crippen LogP contribution in [0.5, 0.6) is 0 Å². The summed E-state index contributed by atoms with van der Waals surface area (Å²) < 4.78 is 6.69. The molecule has 2 nitrogen and oxygen atoms in total. The van der Waals surface area contributed by atoms with Crippen LogP contribution in [0.1, 0.15) is 25.6 Å². The lowest BCUT2D eigenvalue weighted by atomic mass is 9.99. The monoisotopic (exact) mass is 306 g/mol. The van der Waals surface area contributed by atoms with Crippen LogP contribution in [0.2, 0.25) is 0 Å². The van der Waals surface area contributed by atoms with Crippen LogP contribution in [-0.4, -0.2) is 23.9 Å². The minimum Gasteiger partial charge on any atom is -0.390 e. The maximum Gasteiger partial charge on any atom is 0.0860 e. The molecule has 16 heavy (non-hydrogen) atoms. The first kappa shape index (κ1) is 14.2. The van der Waals surface area contributed by atoms with Crippen molar-refractivity contribution in [1.82, 2.24) is 0 Å². The van der Waals surface area contributed by atoms with Gasteiger partial charge >= 0.3 is 0 Å². The highest BCUT2D eigenvalue weighted by atomic mass is 79.9. The molecule has 1 aromatic rings. The van der Waals surface area contributed by atoms with Gasteiger partial charge in [0, 0.05) is 17.9 Å². The highest BCUT2D eigenvalue weighted by Gasteiger charge is 2.23. The zero-order valence-electron chi connectivity index (χ0n) is 9.94. The number of aliphatic hydroxyl groups is 1. The second-order valence-corrected chi connectivity index (χ2v) is 6.69. The smallest absolute Gasteiger partial charge is 0.0860 e. The van der Waals surface area contributed by atoms with Crippen molar-refractivity contribution in [2.45, 2.75) is 39.4 Å². The summed E-state index contributed by atoms with van der Waals surface area (Å²) in [7, 11) is 0. The average Bonchev–Trinajstić information content (AvgIpc) is 2.59. The minimum atomic E-state index is -0.425. The van der Waals surface area contributed by atoms with E-state index in [2.05, 4.69) is 29.8 Å². The van der Waals surface area contributed by atoms with E-state index in [1.54, 1.807) is 11.3 Å². The van der Waals surface area contributed by atoms with Crippen LogP contribution in [0.15, 0.2) is 15.9 Å². The molecule has 1 aromatic heterocycles. The van der Waals surface area contributed by atoms with E-state index in [1.165, 1.54) is 4.88 Å². The number of aliphatic hydroxyl groups excluding tert-OH is 1. The molecule has 0 saturated heterocycles. The highest BCUT2D eigenvalue weighted by Crippen LogP contribution is 2.25. The maximum atomic E-state index is 10.1. The number of halogens is 1. The lowest BCUT2D eigenvalue weighted by Gasteiger charge is -2.25. The van der Waals surface area contributed by atoms with Crippen LogP contribution >= 0.6 is 27.3 Å². The molecular formula is C12H19BrO2S. The normalized spacial score (nSPS) is 15.4. The summed E-state index contributed by atoms with van der Waals surface area (Å²) in [6, 6.07) is 4.05. The van der Waals surface area contributed by atoms with Crippen LogP contribution in [0, 0.1) is 5.92 Å². The van der Waals surface area contributed by atoms with Crippen molar-refractivity contribution in [1.29, 1.82) is 0 Å². The summed E-state index contributed by atoms with van der Waals surface area (Å²) in [4.78, 5) is 1.18. The lowest BCUT2D eigenvalue weighted by Crippen LogP contribution is -2.35. The summed E-state index contributed by atoms with van der Waals surface area (Å²) in [5.41, 5.74) is 0. The SMILES string of the molecule is CCOC(C(C)C)C(O)Cc1ccc(Br)s1. The summed E-state index contributed by atoms with van der Waals surface area (Å²) in [6.07, 6.45) is 0.162. The van der Waals surface area contributed by atoms with E-state index in [4.69, 9.17) is 4.74 Å². The van der Waals surface area contributed by atoms with Crippen molar-refractivity contribution in [3.8, 4) is 0 Å². The van der Waals surface area contributed by atoms with Gasteiger partial charge in [-0.1, -0.05) is 13.8 Å². The van der Waals surface area contributed by atoms with E-state index in [-0.39, 0.29) is 6.10 Å². The molecule has 0 fully saturated rings. The van der Waals surface area contributed by atoms with E-state index in [0.717, 1.165) is 3.79 Å². The number of hydrogen-bond donors (Lipinski definition) is 1. The molecule has 0 aliphatic carbocycles. The molecular weight excluding hydrogens is 288 g/mol. The number of thiophene rings is 1. The van der Waals surface area contributed by atoms with Crippen molar-refractivity contribution in [3.05, 3.63) is 20.8 Å². The predicted octanol–water partition coefficient (Wildman–Crippen LogP) is 3.48. The van der Waals surface area contributed by atoms with Gasteiger partial charge in [0.15, 0.2) is 0 Å². The van der Waals surface area contributed by atoms with Crippen LogP contribution in [-0.2, 0) is 11.2 Å². The second kappa shape index (κ2) is 6.74. The predicted molar refractivity (Wildman–Crippen MR) is 72.0 cm³/mol. The third kappa shape index (κ3) is 4.17. The average molecular weight is 307 g/mol. The van der Waals surface area contributed by atoms with Crippen molar-refractivity contribution >= 4 is 27.3 Å². The number of rotatable bonds is 6. The minimum absolute atomic E-state index is 0.0779. The Bertz CT molecular complexity index is 312. The van der Waals surface area contributed by atoms with Gasteiger partial charge in [0.1, 0.15) is 0 Å². The van der Waals surface area contributed by atoms with Crippen LogP contribution in [0.3, 0.4) is 0 Å². The molecule has 2 unspecified atom stereocenters. The maximum absolute atomic E-state index is 10.1. The fourth-order valence-electron chi connectivity index (χ4n) is 1.72. The molecule has 1 N–H and O–H groups in total. The third-order valence-corrected chi connectivity index (χ3v) is 4.08. The number of hydrogen-bond acceptors (Lipinski definition) is 3. The van der Waals surface area contributed by atoms with Crippen molar-refractivity contribution in [3.63, 3.8) is 0 Å². The quantitative estimate of drug-likeness (QED) is 0.872. The van der Waals surface area contributed by atoms with Crippen molar-refractivity contribution < 1.29 is 9.84 Å². The Morgan fingerprint density at radius 1 is 1.44 bits per heavy atom. The van der Waals surface area contributed by atoms with E-state index >= 15 is 0 Å². The van der Waals surface area contributed by atoms with E-state index in [9.17, 15) is 5.11 Å². The van der Waals surface area contributed by atoms with Gasteiger partial charge in [-0.25, -0.2) is 0 Å². The third-order valence-electron chi connectivity index (χ3n) is 2.43. The molecule has 0 radical (unpaired) electrons. The molecule has 0 bridgehead atoms. The van der Waals surface area contributed by atoms with Gasteiger partial charge in [-0.15, -0.1) is 11.3 Å². The Balaban J connectivity index is 2.57. The zero-order valence-corrected chi connectivity index (χ0v) is 12.3. The Labute approximate surface area is 110 Å². The molecule has 92 valence electrons. The van der Waals surface area contributed by atoms with Gasteiger partial charge in [0.05, 0.1) is 16.0 Å². The van der Waals surface area contributed by atoms with E-state index < -0.39 is 6.10 Å². The fourth-order valence-corrected chi connectivity index (χ4v) is 3.26. The van der Waals surface area contributed by atoms with E-state index in [0.29, 0.717) is 18.9 Å². The number of ether oxygens (including phenoxy) is 1. The Morgan fingerprint density at radius 2 is 2.12 bits per heavy atom. The van der Waals surface area contributed by atoms with Crippen LogP contribution < -0.4 is 0 Å². The first-order valence-corrected chi connectivity index (χ1v) is 7.19. The fraction of sp³-hybridized carbons (Fsp3) is 0.667. The van der Waals surface area contributed by atoms with Gasteiger partial charge in [0.2, 0.25) is 0 Å². The van der Waals surface area contributed by atoms with Gasteiger partial charge in [-0.05, 0) is 40.9 Å². The summed E-state index contributed by atoms with van der Waals surface area (Å²) in [5, 5.41) is 10.1. The molecule has 1 heterocycles. The molecule has 0 aliphatic rings. The molecule has 0 aliphatic heterocycles. The lowest BCUT2D eigenvalue weighted by molar-refractivity contribution is -0.0559. The summed E-state index contributed by atoms with van der Waals surface area (Å²) in [6.45, 7) is 6.76. The van der Waals surface area contributed by atoms with Gasteiger partial charge < -0.3 is 9.84 Å². The molecule has 2 atom stereocenters. The van der Waals surface area contributed by atoms with Gasteiger partial charge in [-0.2, -0.15) is 0 Å². The molecule has 0 spiro atoms. The summed E-state index contributed by atoms with van der Waals surface area (Å²) >= 11 is 5.09. The molecule has 0 aromatic carbocycles. The molecule has 1 rings (SSSR count). The summed E-state index contributed by atoms with van der Waals surface area (Å²) in [5.74, 6) is 0.332. The molecule has 0 saturated carbocycles. The van der Waals surface area contributed by atoms with Crippen molar-refractivity contribution in [2.24, 2.45) is 5.92 Å². The zero-order chi connectivity index (χ0) is 12.1. The highest BCUT2D eigenvalue weighted by molar-refractivity contribution is 9.11. The molecule has 0 amide bonds. The Morgan fingerprint density at radius 3 is 2.56 bits per heavy atom. The van der Waals surface area contributed by atoms with Crippen LogP contribution in [0.25, 0.3) is 0 Å². The topological polar surface area (TPSA) is 29.5 Å². The Hall–Kier alpha value is 0.1000. The second-order valence-electron chi connectivity index (χ2n) is 4.14. The van der Waals surface area contributed by atoms with Gasteiger partial charge in [0.25, 0.3) is 0 Å². The molecule has 4 heteroatoms. The van der Waals surface area contributed by atoms with Crippen LogP contribution in [0.4, 0.5) is 0 Å². The standard InChI is InChI=1S/C12H19BrO2S/c1-4-15-12(8(2)3)10(14)7-9-5-6-11(13)16-9/h5-6,8,10,12,14H,4,7H2,1-3H3. The van der Waals surface area contributed by atoms with Crippen molar-refractivity contribution in [2.75, 3.05) is 6.61 Å². The van der Waals surface area contributed by atoms with E-state index in [1.807, 2.05) is 19.1 Å². The Kier molecular flexibility index (Phi) is 5.97. The first-order chi connectivity index (χ1) is 7.54.